The van der Waals surface area contributed by atoms with E-state index in [-0.39, 0.29) is 24.4 Å². The summed E-state index contributed by atoms with van der Waals surface area (Å²) in [5.74, 6) is 0.272. The highest BCUT2D eigenvalue weighted by molar-refractivity contribution is 7.92. The molecule has 0 bridgehead atoms. The number of anilines is 1. The Balaban J connectivity index is 0.00000242. The van der Waals surface area contributed by atoms with Crippen LogP contribution in [-0.2, 0) is 10.0 Å². The number of nitrogens with two attached hydrogens (primary N) is 1. The van der Waals surface area contributed by atoms with Gasteiger partial charge in [0.1, 0.15) is 0 Å². The molecule has 1 atom stereocenters. The lowest BCUT2D eigenvalue weighted by Crippen LogP contribution is -2.38. The summed E-state index contributed by atoms with van der Waals surface area (Å²) in [6, 6.07) is 4.91. The van der Waals surface area contributed by atoms with Crippen molar-refractivity contribution in [2.24, 2.45) is 11.7 Å². The van der Waals surface area contributed by atoms with Crippen LogP contribution in [0.4, 0.5) is 5.69 Å². The van der Waals surface area contributed by atoms with Gasteiger partial charge in [0.25, 0.3) is 5.91 Å². The molecule has 124 valence electrons. The van der Waals surface area contributed by atoms with Gasteiger partial charge in [-0.15, -0.1) is 12.4 Å². The summed E-state index contributed by atoms with van der Waals surface area (Å²) >= 11 is 0. The highest BCUT2D eigenvalue weighted by Gasteiger charge is 2.28. The first kappa shape index (κ1) is 18.7. The molecule has 0 saturated heterocycles. The lowest BCUT2D eigenvalue weighted by molar-refractivity contribution is 0.0950. The Labute approximate surface area is 137 Å². The van der Waals surface area contributed by atoms with Gasteiger partial charge < -0.3 is 11.1 Å². The molecule has 1 unspecified atom stereocenters. The normalized spacial score (nSPS) is 15.6. The molecule has 6 nitrogen and oxygen atoms in total. The largest absolute Gasteiger partial charge is 0.350 e. The van der Waals surface area contributed by atoms with Gasteiger partial charge in [-0.1, -0.05) is 6.07 Å². The highest BCUT2D eigenvalue weighted by atomic mass is 35.5. The smallest absolute Gasteiger partial charge is 0.251 e. The number of amides is 1. The number of halogens is 1. The van der Waals surface area contributed by atoms with Crippen molar-refractivity contribution in [1.82, 2.24) is 5.32 Å². The molecule has 1 aromatic rings. The Bertz CT molecular complexity index is 645. The Hall–Kier alpha value is -1.31. The molecule has 0 radical (unpaired) electrons. The molecule has 1 aromatic carbocycles. The van der Waals surface area contributed by atoms with Crippen LogP contribution in [0.3, 0.4) is 0 Å². The number of carbonyl (C=O) groups excluding carboxylic acids is 1. The van der Waals surface area contributed by atoms with Crippen LogP contribution in [0.2, 0.25) is 0 Å². The molecule has 4 N–H and O–H groups in total. The molecule has 0 aliphatic heterocycles. The van der Waals surface area contributed by atoms with Crippen LogP contribution in [0.15, 0.2) is 18.2 Å². The minimum absolute atomic E-state index is 0. The second kappa shape index (κ2) is 7.30. The monoisotopic (exact) mass is 347 g/mol. The Kier molecular flexibility index (Phi) is 6.22. The van der Waals surface area contributed by atoms with E-state index in [4.69, 9.17) is 5.73 Å². The average Bonchev–Trinajstić information content (AvgIpc) is 3.21. The fraction of sp³-hybridized carbons (Fsp3) is 0.500. The molecule has 1 amide bonds. The van der Waals surface area contributed by atoms with Crippen molar-refractivity contribution in [3.05, 3.63) is 29.3 Å². The summed E-state index contributed by atoms with van der Waals surface area (Å²) in [5.41, 5.74) is 7.52. The number of sulfonamides is 1. The van der Waals surface area contributed by atoms with E-state index in [9.17, 15) is 13.2 Å². The predicted octanol–water partition coefficient (Wildman–Crippen LogP) is 1.26. The maximum atomic E-state index is 12.1. The first-order valence-corrected chi connectivity index (χ1v) is 8.77. The Morgan fingerprint density at radius 1 is 1.41 bits per heavy atom. The van der Waals surface area contributed by atoms with Crippen LogP contribution < -0.4 is 15.8 Å². The third kappa shape index (κ3) is 5.47. The number of rotatable bonds is 6. The summed E-state index contributed by atoms with van der Waals surface area (Å²) in [4.78, 5) is 12.1. The van der Waals surface area contributed by atoms with Gasteiger partial charge in [-0.05, 0) is 43.4 Å². The van der Waals surface area contributed by atoms with Crippen LogP contribution >= 0.6 is 12.4 Å². The number of carbonyl (C=O) groups is 1. The Morgan fingerprint density at radius 3 is 2.59 bits per heavy atom. The first-order valence-electron chi connectivity index (χ1n) is 6.88. The molecule has 2 rings (SSSR count). The quantitative estimate of drug-likeness (QED) is 0.720. The van der Waals surface area contributed by atoms with E-state index in [1.54, 1.807) is 19.1 Å². The van der Waals surface area contributed by atoms with Crippen LogP contribution in [0.25, 0.3) is 0 Å². The van der Waals surface area contributed by atoms with Crippen molar-refractivity contribution in [2.45, 2.75) is 25.8 Å². The van der Waals surface area contributed by atoms with Gasteiger partial charge in [-0.25, -0.2) is 8.42 Å². The van der Waals surface area contributed by atoms with Crippen LogP contribution in [0.5, 0.6) is 0 Å². The lowest BCUT2D eigenvalue weighted by atomic mass is 10.1. The van der Waals surface area contributed by atoms with Crippen molar-refractivity contribution in [2.75, 3.05) is 17.5 Å². The molecule has 1 aliphatic rings. The van der Waals surface area contributed by atoms with Gasteiger partial charge in [-0.2, -0.15) is 0 Å². The topological polar surface area (TPSA) is 101 Å². The van der Waals surface area contributed by atoms with Crippen molar-refractivity contribution in [3.8, 4) is 0 Å². The SMILES string of the molecule is Cc1ccc(C(=O)NCC(N)C2CC2)cc1NS(C)(=O)=O.Cl. The lowest BCUT2D eigenvalue weighted by Gasteiger charge is -2.13. The zero-order chi connectivity index (χ0) is 15.6. The molecular formula is C14H22ClN3O3S. The third-order valence-corrected chi connectivity index (χ3v) is 4.11. The second-order valence-electron chi connectivity index (χ2n) is 5.62. The number of benzene rings is 1. The van der Waals surface area contributed by atoms with Crippen molar-refractivity contribution < 1.29 is 13.2 Å². The summed E-state index contributed by atoms with van der Waals surface area (Å²) in [6.07, 6.45) is 3.34. The molecule has 0 heterocycles. The summed E-state index contributed by atoms with van der Waals surface area (Å²) in [5, 5.41) is 2.79. The molecule has 0 spiro atoms. The van der Waals surface area contributed by atoms with E-state index in [1.807, 2.05) is 0 Å². The van der Waals surface area contributed by atoms with E-state index in [0.717, 1.165) is 24.7 Å². The zero-order valence-electron chi connectivity index (χ0n) is 12.6. The standard InChI is InChI=1S/C14H21N3O3S.ClH/c1-9-3-4-11(7-13(9)17-21(2,19)20)14(18)16-8-12(15)10-5-6-10;/h3-4,7,10,12,17H,5-6,8,15H2,1-2H3,(H,16,18);1H. The van der Waals surface area contributed by atoms with E-state index in [2.05, 4.69) is 10.0 Å². The van der Waals surface area contributed by atoms with Gasteiger partial charge >= 0.3 is 0 Å². The van der Waals surface area contributed by atoms with E-state index in [0.29, 0.717) is 23.7 Å². The molecule has 8 heteroatoms. The zero-order valence-corrected chi connectivity index (χ0v) is 14.3. The van der Waals surface area contributed by atoms with Gasteiger partial charge in [0, 0.05) is 18.2 Å². The van der Waals surface area contributed by atoms with Gasteiger partial charge in [-0.3, -0.25) is 9.52 Å². The predicted molar refractivity (Wildman–Crippen MR) is 89.9 cm³/mol. The van der Waals surface area contributed by atoms with Crippen LogP contribution in [-0.4, -0.2) is 33.2 Å². The maximum Gasteiger partial charge on any atom is 0.251 e. The van der Waals surface area contributed by atoms with Crippen molar-refractivity contribution in [1.29, 1.82) is 0 Å². The highest BCUT2D eigenvalue weighted by Crippen LogP contribution is 2.31. The van der Waals surface area contributed by atoms with Gasteiger partial charge in [0.05, 0.1) is 11.9 Å². The molecule has 1 fully saturated rings. The fourth-order valence-corrected chi connectivity index (χ4v) is 2.70. The third-order valence-electron chi connectivity index (χ3n) is 3.52. The van der Waals surface area contributed by atoms with Crippen LogP contribution in [0, 0.1) is 12.8 Å². The van der Waals surface area contributed by atoms with E-state index in [1.165, 1.54) is 6.07 Å². The number of hydrogen-bond donors (Lipinski definition) is 3. The molecule has 1 saturated carbocycles. The minimum atomic E-state index is -3.37. The number of aryl methyl sites for hydroxylation is 1. The fourth-order valence-electron chi connectivity index (χ4n) is 2.08. The van der Waals surface area contributed by atoms with Gasteiger partial charge in [0.15, 0.2) is 0 Å². The van der Waals surface area contributed by atoms with Crippen molar-refractivity contribution >= 4 is 34.0 Å². The molecule has 22 heavy (non-hydrogen) atoms. The second-order valence-corrected chi connectivity index (χ2v) is 7.36. The molecule has 0 aromatic heterocycles. The van der Waals surface area contributed by atoms with E-state index >= 15 is 0 Å². The Morgan fingerprint density at radius 2 is 2.05 bits per heavy atom. The van der Waals surface area contributed by atoms with E-state index < -0.39 is 10.0 Å². The molecular weight excluding hydrogens is 326 g/mol. The van der Waals surface area contributed by atoms with Crippen molar-refractivity contribution in [3.63, 3.8) is 0 Å². The molecule has 1 aliphatic carbocycles. The number of nitrogens with one attached hydrogen (secondary N) is 2. The summed E-state index contributed by atoms with van der Waals surface area (Å²) < 4.78 is 25.0. The average molecular weight is 348 g/mol. The summed E-state index contributed by atoms with van der Waals surface area (Å²) in [7, 11) is -3.37. The number of hydrogen-bond acceptors (Lipinski definition) is 4. The maximum absolute atomic E-state index is 12.1. The van der Waals surface area contributed by atoms with Gasteiger partial charge in [0.2, 0.25) is 10.0 Å². The first-order chi connectivity index (χ1) is 9.76. The van der Waals surface area contributed by atoms with Crippen LogP contribution in [0.1, 0.15) is 28.8 Å². The summed E-state index contributed by atoms with van der Waals surface area (Å²) in [6.45, 7) is 2.21. The minimum Gasteiger partial charge on any atom is -0.350 e.